The third-order valence-corrected chi connectivity index (χ3v) is 8.92. The molecule has 0 radical (unpaired) electrons. The highest BCUT2D eigenvalue weighted by Crippen LogP contribution is 2.42. The van der Waals surface area contributed by atoms with E-state index in [9.17, 15) is 4.79 Å². The number of esters is 1. The van der Waals surface area contributed by atoms with Gasteiger partial charge in [-0.3, -0.25) is 4.79 Å². The minimum Gasteiger partial charge on any atom is -0.462 e. The van der Waals surface area contributed by atoms with Crippen molar-refractivity contribution in [3.05, 3.63) is 0 Å². The van der Waals surface area contributed by atoms with Gasteiger partial charge in [0.1, 0.15) is 6.10 Å². The highest BCUT2D eigenvalue weighted by Gasteiger charge is 2.33. The third-order valence-electron chi connectivity index (χ3n) is 8.92. The molecule has 0 atom stereocenters. The summed E-state index contributed by atoms with van der Waals surface area (Å²) in [6.07, 6.45) is 25.2. The number of carbonyl (C=O) groups excluding carboxylic acids is 1. The quantitative estimate of drug-likeness (QED) is 0.263. The Labute approximate surface area is 187 Å². The van der Waals surface area contributed by atoms with Gasteiger partial charge in [-0.1, -0.05) is 71.6 Å². The second-order valence-electron chi connectivity index (χ2n) is 11.1. The average Bonchev–Trinajstić information content (AvgIpc) is 2.79. The van der Waals surface area contributed by atoms with E-state index in [2.05, 4.69) is 13.8 Å². The standard InChI is InChI=1S/C28H50O2/c1-3-5-7-9-23-12-16-26(17-13-23)28(29)30-27-20-18-25(19-21-27)24-14-10-22(11-15-24)8-6-4-2/h22-27H,3-21H2,1-2H3. The lowest BCUT2D eigenvalue weighted by Gasteiger charge is -2.38. The fourth-order valence-corrected chi connectivity index (χ4v) is 6.75. The Morgan fingerprint density at radius 1 is 0.633 bits per heavy atom. The van der Waals surface area contributed by atoms with Gasteiger partial charge in [0.25, 0.3) is 0 Å². The van der Waals surface area contributed by atoms with Crippen LogP contribution in [-0.4, -0.2) is 12.1 Å². The summed E-state index contributed by atoms with van der Waals surface area (Å²) in [6.45, 7) is 4.59. The molecule has 0 aromatic heterocycles. The Balaban J connectivity index is 1.29. The van der Waals surface area contributed by atoms with Crippen LogP contribution in [0.4, 0.5) is 0 Å². The number of carbonyl (C=O) groups is 1. The van der Waals surface area contributed by atoms with Crippen molar-refractivity contribution >= 4 is 5.97 Å². The molecule has 30 heavy (non-hydrogen) atoms. The van der Waals surface area contributed by atoms with E-state index in [1.165, 1.54) is 96.3 Å². The van der Waals surface area contributed by atoms with Gasteiger partial charge in [0, 0.05) is 0 Å². The van der Waals surface area contributed by atoms with Crippen LogP contribution in [0.2, 0.25) is 0 Å². The zero-order valence-corrected chi connectivity index (χ0v) is 20.2. The van der Waals surface area contributed by atoms with Crippen LogP contribution >= 0.6 is 0 Å². The molecule has 0 aromatic rings. The molecule has 2 heteroatoms. The Hall–Kier alpha value is -0.530. The molecule has 0 saturated heterocycles. The zero-order valence-electron chi connectivity index (χ0n) is 20.2. The van der Waals surface area contributed by atoms with Crippen molar-refractivity contribution in [2.75, 3.05) is 0 Å². The first-order valence-electron chi connectivity index (χ1n) is 13.9. The summed E-state index contributed by atoms with van der Waals surface area (Å²) in [5.41, 5.74) is 0. The molecule has 0 spiro atoms. The van der Waals surface area contributed by atoms with Crippen LogP contribution in [0, 0.1) is 29.6 Å². The topological polar surface area (TPSA) is 26.3 Å². The van der Waals surface area contributed by atoms with E-state index in [1.54, 1.807) is 0 Å². The molecule has 3 rings (SSSR count). The highest BCUT2D eigenvalue weighted by atomic mass is 16.5. The first kappa shape index (κ1) is 24.1. The lowest BCUT2D eigenvalue weighted by Crippen LogP contribution is -2.32. The Morgan fingerprint density at radius 2 is 1.13 bits per heavy atom. The predicted molar refractivity (Wildman–Crippen MR) is 126 cm³/mol. The Bertz CT molecular complexity index is 463. The van der Waals surface area contributed by atoms with Crippen LogP contribution in [0.5, 0.6) is 0 Å². The van der Waals surface area contributed by atoms with Crippen LogP contribution in [0.1, 0.15) is 136 Å². The maximum atomic E-state index is 12.7. The van der Waals surface area contributed by atoms with E-state index < -0.39 is 0 Å². The smallest absolute Gasteiger partial charge is 0.309 e. The Kier molecular flexibility index (Phi) is 10.5. The molecule has 3 aliphatic rings. The summed E-state index contributed by atoms with van der Waals surface area (Å²) in [5, 5.41) is 0. The van der Waals surface area contributed by atoms with Gasteiger partial charge in [-0.2, -0.15) is 0 Å². The van der Waals surface area contributed by atoms with Gasteiger partial charge in [0.15, 0.2) is 0 Å². The number of rotatable bonds is 10. The summed E-state index contributed by atoms with van der Waals surface area (Å²) in [6, 6.07) is 0. The summed E-state index contributed by atoms with van der Waals surface area (Å²) in [7, 11) is 0. The maximum absolute atomic E-state index is 12.7. The first-order chi connectivity index (χ1) is 14.7. The zero-order chi connectivity index (χ0) is 21.2. The van der Waals surface area contributed by atoms with Crippen LogP contribution in [0.15, 0.2) is 0 Å². The summed E-state index contributed by atoms with van der Waals surface area (Å²) in [4.78, 5) is 12.7. The molecule has 3 saturated carbocycles. The van der Waals surface area contributed by atoms with Gasteiger partial charge in [0.2, 0.25) is 0 Å². The molecule has 0 amide bonds. The fraction of sp³-hybridized carbons (Fsp3) is 0.964. The SMILES string of the molecule is CCCCCC1CCC(C(=O)OC2CCC(C3CCC(CCCC)CC3)CC2)CC1. The van der Waals surface area contributed by atoms with Crippen molar-refractivity contribution in [3.8, 4) is 0 Å². The molecule has 0 aliphatic heterocycles. The molecular weight excluding hydrogens is 368 g/mol. The molecule has 2 nitrogen and oxygen atoms in total. The van der Waals surface area contributed by atoms with Gasteiger partial charge >= 0.3 is 5.97 Å². The van der Waals surface area contributed by atoms with Crippen molar-refractivity contribution in [2.24, 2.45) is 29.6 Å². The molecule has 0 N–H and O–H groups in total. The second-order valence-corrected chi connectivity index (χ2v) is 11.1. The molecule has 3 aliphatic carbocycles. The first-order valence-corrected chi connectivity index (χ1v) is 13.9. The van der Waals surface area contributed by atoms with Gasteiger partial charge in [0.05, 0.1) is 5.92 Å². The minimum atomic E-state index is 0.141. The van der Waals surface area contributed by atoms with E-state index in [1.807, 2.05) is 0 Å². The summed E-state index contributed by atoms with van der Waals surface area (Å²) in [5.74, 6) is 4.09. The largest absolute Gasteiger partial charge is 0.462 e. The monoisotopic (exact) mass is 418 g/mol. The van der Waals surface area contributed by atoms with E-state index >= 15 is 0 Å². The molecule has 0 aromatic carbocycles. The lowest BCUT2D eigenvalue weighted by molar-refractivity contribution is -0.157. The Morgan fingerprint density at radius 3 is 1.70 bits per heavy atom. The van der Waals surface area contributed by atoms with E-state index in [0.717, 1.165) is 49.4 Å². The fourth-order valence-electron chi connectivity index (χ4n) is 6.75. The van der Waals surface area contributed by atoms with E-state index in [4.69, 9.17) is 4.74 Å². The number of unbranched alkanes of at least 4 members (excludes halogenated alkanes) is 3. The van der Waals surface area contributed by atoms with Crippen LogP contribution in [-0.2, 0) is 9.53 Å². The molecule has 0 unspecified atom stereocenters. The molecule has 0 bridgehead atoms. The van der Waals surface area contributed by atoms with Crippen LogP contribution < -0.4 is 0 Å². The third kappa shape index (κ3) is 7.56. The van der Waals surface area contributed by atoms with E-state index in [0.29, 0.717) is 0 Å². The van der Waals surface area contributed by atoms with Gasteiger partial charge in [-0.05, 0) is 87.9 Å². The molecule has 174 valence electrons. The lowest BCUT2D eigenvalue weighted by atomic mass is 9.70. The van der Waals surface area contributed by atoms with Crippen molar-refractivity contribution in [3.63, 3.8) is 0 Å². The van der Waals surface area contributed by atoms with Crippen LogP contribution in [0.3, 0.4) is 0 Å². The number of ether oxygens (including phenoxy) is 1. The normalized spacial score (nSPS) is 35.1. The molecular formula is C28H50O2. The van der Waals surface area contributed by atoms with Gasteiger partial charge in [-0.15, -0.1) is 0 Å². The summed E-state index contributed by atoms with van der Waals surface area (Å²) < 4.78 is 6.02. The van der Waals surface area contributed by atoms with Gasteiger partial charge in [-0.25, -0.2) is 0 Å². The molecule has 3 fully saturated rings. The molecule has 0 heterocycles. The second kappa shape index (κ2) is 13.1. The van der Waals surface area contributed by atoms with Gasteiger partial charge < -0.3 is 4.74 Å². The summed E-state index contributed by atoms with van der Waals surface area (Å²) >= 11 is 0. The average molecular weight is 419 g/mol. The van der Waals surface area contributed by atoms with Crippen LogP contribution in [0.25, 0.3) is 0 Å². The number of hydrogen-bond donors (Lipinski definition) is 0. The number of hydrogen-bond acceptors (Lipinski definition) is 2. The van der Waals surface area contributed by atoms with Crippen molar-refractivity contribution in [1.29, 1.82) is 0 Å². The highest BCUT2D eigenvalue weighted by molar-refractivity contribution is 5.72. The van der Waals surface area contributed by atoms with E-state index in [-0.39, 0.29) is 18.0 Å². The maximum Gasteiger partial charge on any atom is 0.309 e. The predicted octanol–water partition coefficient (Wildman–Crippen LogP) is 8.47. The minimum absolute atomic E-state index is 0.141. The van der Waals surface area contributed by atoms with Crippen molar-refractivity contribution in [2.45, 2.75) is 142 Å². The van der Waals surface area contributed by atoms with Crippen molar-refractivity contribution < 1.29 is 9.53 Å². The van der Waals surface area contributed by atoms with Crippen molar-refractivity contribution in [1.82, 2.24) is 0 Å².